The molecule has 4 aliphatic carbocycles. The first-order valence-corrected chi connectivity index (χ1v) is 17.3. The summed E-state index contributed by atoms with van der Waals surface area (Å²) in [5.74, 6) is 7.15. The summed E-state index contributed by atoms with van der Waals surface area (Å²) in [4.78, 5) is 0. The van der Waals surface area contributed by atoms with Gasteiger partial charge in [0.05, 0.1) is 32.3 Å². The molecule has 9 nitrogen and oxygen atoms in total. The maximum absolute atomic E-state index is 7.67. The second-order valence-electron chi connectivity index (χ2n) is 17.0. The van der Waals surface area contributed by atoms with Gasteiger partial charge in [0.25, 0.3) is 0 Å². The Hall–Kier alpha value is -0.620. The molecule has 1 heterocycles. The number of rotatable bonds is 12. The SMILES string of the molecule is CC(C)CCC[C@H](C)[C@@]1(N)CC[C@]2(N)[C@]1(C)CC[C@@]1(N)[C@@]2(N)CC=C2C[C@@H](OCC3OC3NCC[N+](C)(C)N)CC[C@@]21C. The lowest BCUT2D eigenvalue weighted by Gasteiger charge is -2.72. The summed E-state index contributed by atoms with van der Waals surface area (Å²) in [6.07, 6.45) is 13.4. The Labute approximate surface area is 261 Å². The fourth-order valence-corrected chi connectivity index (χ4v) is 10.2. The molecule has 11 N–H and O–H groups in total. The van der Waals surface area contributed by atoms with E-state index in [2.05, 4.69) is 46.0 Å². The number of epoxide rings is 1. The highest BCUT2D eigenvalue weighted by Crippen LogP contribution is 2.70. The molecule has 5 aliphatic rings. The molecular weight excluding hydrogens is 538 g/mol. The third-order valence-electron chi connectivity index (χ3n) is 13.7. The van der Waals surface area contributed by atoms with Crippen molar-refractivity contribution in [3.63, 3.8) is 0 Å². The highest BCUT2D eigenvalue weighted by molar-refractivity contribution is 5.44. The van der Waals surface area contributed by atoms with Crippen LogP contribution in [0.25, 0.3) is 0 Å². The smallest absolute Gasteiger partial charge is 0.137 e. The summed E-state index contributed by atoms with van der Waals surface area (Å²) >= 11 is 0. The van der Waals surface area contributed by atoms with E-state index in [1.807, 2.05) is 14.1 Å². The average molecular weight is 605 g/mol. The van der Waals surface area contributed by atoms with Gasteiger partial charge in [0.2, 0.25) is 0 Å². The van der Waals surface area contributed by atoms with Gasteiger partial charge < -0.3 is 32.4 Å². The Bertz CT molecular complexity index is 1060. The van der Waals surface area contributed by atoms with Gasteiger partial charge in [-0.05, 0) is 69.6 Å². The molecule has 10 atom stereocenters. The number of fused-ring (bicyclic) bond motifs is 5. The first kappa shape index (κ1) is 33.7. The number of ether oxygens (including phenoxy) is 2. The summed E-state index contributed by atoms with van der Waals surface area (Å²) in [6, 6.07) is 0. The van der Waals surface area contributed by atoms with Gasteiger partial charge in [-0.3, -0.25) is 9.91 Å². The standard InChI is InChI=1S/C34H66N7O2/c1-23(2)9-8-10-24(3)31(35)16-18-33(37)30(31,5)15-17-32(36)29(4)13-12-26(21-25(29)11-14-34(32,33)38)42-22-27-28(43-27)40-19-20-41(6,7)39/h11,23-24,26-28,40H,8-10,12-22,35-39H2,1-7H3/q+1/t24-,26-,27?,28?,29-,30+,31-,32-,33-,34-/m0/s1. The molecule has 0 bridgehead atoms. The van der Waals surface area contributed by atoms with Gasteiger partial charge in [-0.2, -0.15) is 5.84 Å². The van der Waals surface area contributed by atoms with Crippen LogP contribution < -0.4 is 34.1 Å². The number of quaternary nitrogens is 1. The zero-order chi connectivity index (χ0) is 31.7. The molecule has 43 heavy (non-hydrogen) atoms. The quantitative estimate of drug-likeness (QED) is 0.0651. The first-order chi connectivity index (χ1) is 19.9. The maximum atomic E-state index is 7.67. The van der Waals surface area contributed by atoms with Crippen LogP contribution in [0.1, 0.15) is 105 Å². The fraction of sp³-hybridized carbons (Fsp3) is 0.941. The minimum atomic E-state index is -0.713. The highest BCUT2D eigenvalue weighted by atomic mass is 16.6. The molecule has 0 amide bonds. The minimum absolute atomic E-state index is 0.0655. The molecule has 2 unspecified atom stereocenters. The molecule has 5 rings (SSSR count). The number of nitrogens with two attached hydrogens (primary N) is 5. The van der Waals surface area contributed by atoms with Gasteiger partial charge in [-0.15, -0.1) is 0 Å². The topological polar surface area (TPSA) is 164 Å². The maximum Gasteiger partial charge on any atom is 0.137 e. The molecule has 1 saturated heterocycles. The van der Waals surface area contributed by atoms with Crippen LogP contribution in [0.2, 0.25) is 0 Å². The highest BCUT2D eigenvalue weighted by Gasteiger charge is 2.78. The second kappa shape index (κ2) is 11.3. The van der Waals surface area contributed by atoms with Crippen LogP contribution in [0, 0.1) is 22.7 Å². The van der Waals surface area contributed by atoms with Crippen LogP contribution in [-0.4, -0.2) is 79.0 Å². The number of hydrogen-bond acceptors (Lipinski definition) is 8. The Kier molecular flexibility index (Phi) is 8.84. The average Bonchev–Trinajstić information content (AvgIpc) is 3.63. The van der Waals surface area contributed by atoms with Crippen LogP contribution in [0.15, 0.2) is 11.6 Å². The predicted molar refractivity (Wildman–Crippen MR) is 174 cm³/mol. The van der Waals surface area contributed by atoms with Gasteiger partial charge in [0, 0.05) is 34.0 Å². The first-order valence-electron chi connectivity index (χ1n) is 17.3. The molecule has 9 heteroatoms. The van der Waals surface area contributed by atoms with E-state index >= 15 is 0 Å². The molecule has 0 aromatic heterocycles. The summed E-state index contributed by atoms with van der Waals surface area (Å²) in [7, 11) is 3.98. The third-order valence-corrected chi connectivity index (χ3v) is 13.7. The lowest BCUT2D eigenvalue weighted by Crippen LogP contribution is -2.90. The molecule has 0 aromatic carbocycles. The van der Waals surface area contributed by atoms with Crippen molar-refractivity contribution in [2.24, 2.45) is 51.4 Å². The Morgan fingerprint density at radius 1 is 0.977 bits per heavy atom. The molecule has 3 saturated carbocycles. The summed E-state index contributed by atoms with van der Waals surface area (Å²) < 4.78 is 12.7. The van der Waals surface area contributed by atoms with Gasteiger partial charge in [-0.1, -0.05) is 59.1 Å². The molecule has 0 radical (unpaired) electrons. The van der Waals surface area contributed by atoms with Crippen LogP contribution in [0.5, 0.6) is 0 Å². The normalized spacial score (nSPS) is 46.6. The van der Waals surface area contributed by atoms with Crippen molar-refractivity contribution in [1.82, 2.24) is 5.32 Å². The summed E-state index contributed by atoms with van der Waals surface area (Å²) in [5, 5.41) is 3.43. The van der Waals surface area contributed by atoms with E-state index in [0.717, 1.165) is 64.5 Å². The zero-order valence-electron chi connectivity index (χ0n) is 28.5. The van der Waals surface area contributed by atoms with Crippen LogP contribution >= 0.6 is 0 Å². The number of hydrogen-bond donors (Lipinski definition) is 6. The summed E-state index contributed by atoms with van der Waals surface area (Å²) in [6.45, 7) is 14.0. The van der Waals surface area contributed by atoms with Crippen molar-refractivity contribution >= 4 is 0 Å². The number of nitrogens with one attached hydrogen (secondary N) is 1. The van der Waals surface area contributed by atoms with Crippen molar-refractivity contribution in [2.75, 3.05) is 33.8 Å². The van der Waals surface area contributed by atoms with Gasteiger partial charge in [0.15, 0.2) is 0 Å². The molecule has 1 aliphatic heterocycles. The molecule has 0 aromatic rings. The Morgan fingerprint density at radius 2 is 1.67 bits per heavy atom. The van der Waals surface area contributed by atoms with Gasteiger partial charge in [0.1, 0.15) is 18.9 Å². The van der Waals surface area contributed by atoms with E-state index in [4.69, 9.17) is 38.3 Å². The van der Waals surface area contributed by atoms with E-state index in [-0.39, 0.29) is 34.8 Å². The molecule has 4 fully saturated rings. The second-order valence-corrected chi connectivity index (χ2v) is 17.0. The van der Waals surface area contributed by atoms with Crippen LogP contribution in [0.3, 0.4) is 0 Å². The predicted octanol–water partition coefficient (Wildman–Crippen LogP) is 3.00. The van der Waals surface area contributed by atoms with Crippen molar-refractivity contribution in [1.29, 1.82) is 0 Å². The lowest BCUT2D eigenvalue weighted by molar-refractivity contribution is -0.901. The van der Waals surface area contributed by atoms with Crippen molar-refractivity contribution in [2.45, 2.75) is 146 Å². The van der Waals surface area contributed by atoms with Crippen LogP contribution in [0.4, 0.5) is 0 Å². The van der Waals surface area contributed by atoms with E-state index in [0.29, 0.717) is 29.5 Å². The largest absolute Gasteiger partial charge is 0.375 e. The third kappa shape index (κ3) is 5.27. The monoisotopic (exact) mass is 605 g/mol. The molecule has 0 spiro atoms. The van der Waals surface area contributed by atoms with E-state index in [1.165, 1.54) is 18.4 Å². The molecule has 248 valence electrons. The van der Waals surface area contributed by atoms with Crippen molar-refractivity contribution in [3.8, 4) is 0 Å². The molecular formula is C34H66N7O2+. The lowest BCUT2D eigenvalue weighted by atomic mass is 9.37. The Morgan fingerprint density at radius 3 is 2.35 bits per heavy atom. The number of nitrogens with zero attached hydrogens (tertiary/aromatic N) is 1. The zero-order valence-corrected chi connectivity index (χ0v) is 28.5. The van der Waals surface area contributed by atoms with E-state index in [1.54, 1.807) is 0 Å². The van der Waals surface area contributed by atoms with Crippen molar-refractivity contribution in [3.05, 3.63) is 11.6 Å². The fourth-order valence-electron chi connectivity index (χ4n) is 10.2. The summed E-state index contributed by atoms with van der Waals surface area (Å²) in [5.41, 5.74) is 29.2. The van der Waals surface area contributed by atoms with Gasteiger partial charge >= 0.3 is 0 Å². The number of likely N-dealkylation sites (N-methyl/N-ethyl adjacent to an activating group) is 1. The van der Waals surface area contributed by atoms with E-state index < -0.39 is 16.6 Å². The van der Waals surface area contributed by atoms with Crippen molar-refractivity contribution < 1.29 is 14.1 Å². The van der Waals surface area contributed by atoms with Gasteiger partial charge in [-0.25, -0.2) is 0 Å². The Balaban J connectivity index is 1.26. The van der Waals surface area contributed by atoms with E-state index in [9.17, 15) is 0 Å². The minimum Gasteiger partial charge on any atom is -0.375 e. The van der Waals surface area contributed by atoms with Crippen LogP contribution in [-0.2, 0) is 9.47 Å².